The molecule has 1 aromatic carbocycles. The highest BCUT2D eigenvalue weighted by Crippen LogP contribution is 2.17. The average molecular weight is 287 g/mol. The Morgan fingerprint density at radius 2 is 2.11 bits per heavy atom. The Bertz CT molecular complexity index is 504. The Hall–Kier alpha value is -1.80. The zero-order valence-electron chi connectivity index (χ0n) is 9.72. The fraction of sp³-hybridized carbons (Fsp3) is 0.273. The quantitative estimate of drug-likeness (QED) is 0.846. The first-order chi connectivity index (χ1) is 9.16. The first-order valence-corrected chi connectivity index (χ1v) is 6.16. The van der Waals surface area contributed by atoms with Crippen LogP contribution in [0.4, 0.5) is 14.5 Å². The van der Waals surface area contributed by atoms with Crippen molar-refractivity contribution in [2.24, 2.45) is 0 Å². The summed E-state index contributed by atoms with van der Waals surface area (Å²) < 4.78 is 39.2. The summed E-state index contributed by atoms with van der Waals surface area (Å²) in [5.41, 5.74) is -0.267. The molecule has 0 amide bonds. The van der Waals surface area contributed by atoms with Crippen molar-refractivity contribution in [1.29, 1.82) is 0 Å². The molecule has 102 valence electrons. The van der Waals surface area contributed by atoms with E-state index in [-0.39, 0.29) is 18.8 Å². The molecule has 0 aliphatic rings. The van der Waals surface area contributed by atoms with Crippen LogP contribution in [0.3, 0.4) is 0 Å². The number of anilines is 1. The maximum absolute atomic E-state index is 13.3. The minimum atomic E-state index is -0.930. The normalized spacial score (nSPS) is 12.2. The summed E-state index contributed by atoms with van der Waals surface area (Å²) in [5, 5.41) is 12.1. The van der Waals surface area contributed by atoms with Crippen LogP contribution < -0.4 is 10.1 Å². The van der Waals surface area contributed by atoms with Crippen LogP contribution in [0.25, 0.3) is 0 Å². The number of aliphatic hydroxyl groups excluding tert-OH is 1. The summed E-state index contributed by atoms with van der Waals surface area (Å²) >= 11 is 0.984. The van der Waals surface area contributed by atoms with Crippen molar-refractivity contribution in [3.05, 3.63) is 36.0 Å². The van der Waals surface area contributed by atoms with Gasteiger partial charge in [0.2, 0.25) is 5.88 Å². The van der Waals surface area contributed by atoms with E-state index in [9.17, 15) is 13.9 Å². The Kier molecular flexibility index (Phi) is 4.58. The molecule has 0 saturated carbocycles. The van der Waals surface area contributed by atoms with Crippen molar-refractivity contribution >= 4 is 17.4 Å². The first kappa shape index (κ1) is 13.6. The van der Waals surface area contributed by atoms with Gasteiger partial charge in [-0.3, -0.25) is 0 Å². The molecule has 0 spiro atoms. The fourth-order valence-corrected chi connectivity index (χ4v) is 1.71. The van der Waals surface area contributed by atoms with Crippen LogP contribution >= 0.6 is 11.7 Å². The van der Waals surface area contributed by atoms with Crippen molar-refractivity contribution in [2.75, 3.05) is 18.5 Å². The largest absolute Gasteiger partial charge is 0.473 e. The van der Waals surface area contributed by atoms with Crippen LogP contribution in [0.1, 0.15) is 0 Å². The van der Waals surface area contributed by atoms with E-state index in [1.165, 1.54) is 12.3 Å². The number of rotatable bonds is 6. The molecule has 0 radical (unpaired) electrons. The standard InChI is InChI=1S/C11H11F2N3O2S/c12-8-2-1-3-9(13)11(8)14-4-7(17)6-18-10-5-15-19-16-10/h1-3,5,7,14,17H,4,6H2. The summed E-state index contributed by atoms with van der Waals surface area (Å²) in [6, 6.07) is 3.54. The van der Waals surface area contributed by atoms with E-state index in [0.717, 1.165) is 23.9 Å². The Morgan fingerprint density at radius 3 is 2.74 bits per heavy atom. The Balaban J connectivity index is 1.81. The van der Waals surface area contributed by atoms with Crippen LogP contribution in [0.15, 0.2) is 24.4 Å². The highest BCUT2D eigenvalue weighted by molar-refractivity contribution is 6.99. The van der Waals surface area contributed by atoms with E-state index in [0.29, 0.717) is 5.88 Å². The predicted molar refractivity (Wildman–Crippen MR) is 66.3 cm³/mol. The smallest absolute Gasteiger partial charge is 0.245 e. The van der Waals surface area contributed by atoms with Crippen molar-refractivity contribution in [3.63, 3.8) is 0 Å². The van der Waals surface area contributed by atoms with Gasteiger partial charge < -0.3 is 15.2 Å². The molecule has 1 aromatic heterocycles. The molecular weight excluding hydrogens is 276 g/mol. The summed E-state index contributed by atoms with van der Waals surface area (Å²) in [5.74, 6) is -1.12. The van der Waals surface area contributed by atoms with E-state index in [1.807, 2.05) is 0 Å². The summed E-state index contributed by atoms with van der Waals surface area (Å²) in [4.78, 5) is 0. The van der Waals surface area contributed by atoms with Crippen molar-refractivity contribution in [3.8, 4) is 5.88 Å². The summed E-state index contributed by atoms with van der Waals surface area (Å²) in [7, 11) is 0. The second-order valence-corrected chi connectivity index (χ2v) is 4.24. The number of ether oxygens (including phenoxy) is 1. The zero-order chi connectivity index (χ0) is 13.7. The molecule has 1 heterocycles. The number of nitrogens with zero attached hydrogens (tertiary/aromatic N) is 2. The third-order valence-electron chi connectivity index (χ3n) is 2.24. The molecule has 19 heavy (non-hydrogen) atoms. The molecule has 5 nitrogen and oxygen atoms in total. The van der Waals surface area contributed by atoms with Crippen LogP contribution in [-0.4, -0.2) is 33.1 Å². The van der Waals surface area contributed by atoms with Gasteiger partial charge in [-0.05, 0) is 12.1 Å². The molecule has 2 rings (SSSR count). The summed E-state index contributed by atoms with van der Waals surface area (Å²) in [6.45, 7) is -0.0933. The molecule has 0 bridgehead atoms. The maximum Gasteiger partial charge on any atom is 0.245 e. The van der Waals surface area contributed by atoms with Gasteiger partial charge in [0.1, 0.15) is 36.2 Å². The van der Waals surface area contributed by atoms with Crippen LogP contribution in [0, 0.1) is 11.6 Å². The molecule has 1 atom stereocenters. The van der Waals surface area contributed by atoms with E-state index in [4.69, 9.17) is 4.74 Å². The van der Waals surface area contributed by atoms with Gasteiger partial charge in [0.25, 0.3) is 0 Å². The average Bonchev–Trinajstić information content (AvgIpc) is 2.89. The van der Waals surface area contributed by atoms with Gasteiger partial charge in [0, 0.05) is 6.54 Å². The molecule has 0 aliphatic heterocycles. The van der Waals surface area contributed by atoms with Crippen molar-refractivity contribution in [2.45, 2.75) is 6.10 Å². The number of para-hydroxylation sites is 1. The third-order valence-corrected chi connectivity index (χ3v) is 2.70. The topological polar surface area (TPSA) is 67.3 Å². The van der Waals surface area contributed by atoms with E-state index in [2.05, 4.69) is 14.1 Å². The lowest BCUT2D eigenvalue weighted by molar-refractivity contribution is 0.115. The van der Waals surface area contributed by atoms with Gasteiger partial charge >= 0.3 is 0 Å². The fourth-order valence-electron chi connectivity index (χ4n) is 1.35. The van der Waals surface area contributed by atoms with Gasteiger partial charge in [0.05, 0.1) is 11.7 Å². The molecular formula is C11H11F2N3O2S. The van der Waals surface area contributed by atoms with Crippen molar-refractivity contribution < 1.29 is 18.6 Å². The van der Waals surface area contributed by atoms with E-state index in [1.54, 1.807) is 0 Å². The van der Waals surface area contributed by atoms with E-state index >= 15 is 0 Å². The Morgan fingerprint density at radius 1 is 1.37 bits per heavy atom. The van der Waals surface area contributed by atoms with Gasteiger partial charge in [-0.1, -0.05) is 6.07 Å². The van der Waals surface area contributed by atoms with Crippen LogP contribution in [0.2, 0.25) is 0 Å². The van der Waals surface area contributed by atoms with Crippen LogP contribution in [0.5, 0.6) is 5.88 Å². The van der Waals surface area contributed by atoms with Gasteiger partial charge in [-0.15, -0.1) is 4.37 Å². The highest BCUT2D eigenvalue weighted by atomic mass is 32.1. The lowest BCUT2D eigenvalue weighted by Gasteiger charge is -2.13. The molecule has 0 saturated heterocycles. The monoisotopic (exact) mass is 287 g/mol. The van der Waals surface area contributed by atoms with Gasteiger partial charge in [-0.2, -0.15) is 4.37 Å². The number of aromatic nitrogens is 2. The van der Waals surface area contributed by atoms with Gasteiger partial charge in [0.15, 0.2) is 0 Å². The minimum Gasteiger partial charge on any atom is -0.473 e. The maximum atomic E-state index is 13.3. The number of halogens is 2. The number of benzene rings is 1. The number of aliphatic hydroxyl groups is 1. The second kappa shape index (κ2) is 6.39. The predicted octanol–water partition coefficient (Wildman–Crippen LogP) is 1.67. The van der Waals surface area contributed by atoms with Crippen LogP contribution in [-0.2, 0) is 0 Å². The SMILES string of the molecule is OC(CNc1c(F)cccc1F)COc1cnsn1. The zero-order valence-corrected chi connectivity index (χ0v) is 10.5. The lowest BCUT2D eigenvalue weighted by atomic mass is 10.2. The summed E-state index contributed by atoms with van der Waals surface area (Å²) in [6.07, 6.45) is 0.488. The number of nitrogens with one attached hydrogen (secondary N) is 1. The molecule has 0 aliphatic carbocycles. The van der Waals surface area contributed by atoms with E-state index < -0.39 is 17.7 Å². The lowest BCUT2D eigenvalue weighted by Crippen LogP contribution is -2.27. The first-order valence-electron chi connectivity index (χ1n) is 5.43. The minimum absolute atomic E-state index is 0.0462. The molecule has 0 fully saturated rings. The second-order valence-electron chi connectivity index (χ2n) is 3.69. The molecule has 2 N–H and O–H groups in total. The molecule has 8 heteroatoms. The highest BCUT2D eigenvalue weighted by Gasteiger charge is 2.11. The number of hydrogen-bond acceptors (Lipinski definition) is 6. The van der Waals surface area contributed by atoms with Gasteiger partial charge in [-0.25, -0.2) is 8.78 Å². The van der Waals surface area contributed by atoms with Crippen molar-refractivity contribution in [1.82, 2.24) is 8.75 Å². The molecule has 2 aromatic rings. The molecule has 1 unspecified atom stereocenters. The third kappa shape index (κ3) is 3.83. The Labute approximate surface area is 112 Å². The number of hydrogen-bond donors (Lipinski definition) is 2.